The van der Waals surface area contributed by atoms with Gasteiger partial charge in [0, 0.05) is 57.0 Å². The normalized spacial score (nSPS) is 18.9. The summed E-state index contributed by atoms with van der Waals surface area (Å²) in [5, 5.41) is 16.7. The third-order valence-electron chi connectivity index (χ3n) is 5.18. The minimum absolute atomic E-state index is 0. The van der Waals surface area contributed by atoms with Crippen LogP contribution in [0.25, 0.3) is 0 Å². The largest absolute Gasteiger partial charge is 0.394 e. The number of likely N-dealkylation sites (tertiary alicyclic amines) is 1. The summed E-state index contributed by atoms with van der Waals surface area (Å²) >= 11 is 0. The molecular weight excluding hydrogens is 377 g/mol. The summed E-state index contributed by atoms with van der Waals surface area (Å²) in [5.41, 5.74) is 1.24. The lowest BCUT2D eigenvalue weighted by Crippen LogP contribution is -2.47. The zero-order valence-corrected chi connectivity index (χ0v) is 16.8. The van der Waals surface area contributed by atoms with Gasteiger partial charge in [-0.2, -0.15) is 5.10 Å². The first kappa shape index (κ1) is 23.2. The van der Waals surface area contributed by atoms with E-state index in [0.29, 0.717) is 24.8 Å². The van der Waals surface area contributed by atoms with Gasteiger partial charge in [0.2, 0.25) is 5.91 Å². The van der Waals surface area contributed by atoms with Crippen molar-refractivity contribution in [2.45, 2.75) is 31.7 Å². The highest BCUT2D eigenvalue weighted by Gasteiger charge is 2.24. The quantitative estimate of drug-likeness (QED) is 0.726. The number of nitrogens with one attached hydrogen (secondary N) is 1. The Morgan fingerprint density at radius 1 is 1.15 bits per heavy atom. The molecule has 3 heterocycles. The highest BCUT2D eigenvalue weighted by Crippen LogP contribution is 2.27. The van der Waals surface area contributed by atoms with E-state index in [9.17, 15) is 4.79 Å². The van der Waals surface area contributed by atoms with Gasteiger partial charge in [-0.1, -0.05) is 0 Å². The van der Waals surface area contributed by atoms with E-state index in [1.807, 2.05) is 15.8 Å². The second kappa shape index (κ2) is 11.8. The van der Waals surface area contributed by atoms with Gasteiger partial charge in [0.05, 0.1) is 13.2 Å². The molecule has 150 valence electrons. The average molecular weight is 408 g/mol. The fourth-order valence-electron chi connectivity index (χ4n) is 3.75. The summed E-state index contributed by atoms with van der Waals surface area (Å²) in [6.45, 7) is 7.14. The molecule has 0 aliphatic carbocycles. The maximum Gasteiger partial charge on any atom is 0.223 e. The van der Waals surface area contributed by atoms with Crippen molar-refractivity contribution in [2.24, 2.45) is 0 Å². The van der Waals surface area contributed by atoms with Crippen molar-refractivity contribution in [2.75, 3.05) is 52.4 Å². The molecule has 9 heteroatoms. The van der Waals surface area contributed by atoms with Crippen LogP contribution in [0.4, 0.5) is 0 Å². The van der Waals surface area contributed by atoms with Gasteiger partial charge in [-0.15, -0.1) is 24.8 Å². The van der Waals surface area contributed by atoms with Crippen LogP contribution in [0.15, 0.2) is 12.3 Å². The smallest absolute Gasteiger partial charge is 0.223 e. The van der Waals surface area contributed by atoms with Crippen LogP contribution < -0.4 is 5.32 Å². The molecule has 2 aliphatic heterocycles. The monoisotopic (exact) mass is 407 g/mol. The number of aromatic nitrogens is 2. The molecule has 26 heavy (non-hydrogen) atoms. The molecule has 0 atom stereocenters. The number of piperidine rings is 1. The van der Waals surface area contributed by atoms with Crippen LogP contribution in [-0.2, 0) is 11.3 Å². The molecule has 0 saturated carbocycles. The molecule has 2 fully saturated rings. The van der Waals surface area contributed by atoms with Gasteiger partial charge >= 0.3 is 0 Å². The van der Waals surface area contributed by atoms with Crippen LogP contribution >= 0.6 is 24.8 Å². The number of hydrogen-bond donors (Lipinski definition) is 2. The van der Waals surface area contributed by atoms with Crippen LogP contribution in [0, 0.1) is 0 Å². The molecule has 1 aromatic rings. The highest BCUT2D eigenvalue weighted by atomic mass is 35.5. The van der Waals surface area contributed by atoms with Crippen molar-refractivity contribution in [3.05, 3.63) is 18.0 Å². The average Bonchev–Trinajstić information content (AvgIpc) is 3.09. The van der Waals surface area contributed by atoms with E-state index in [2.05, 4.69) is 21.4 Å². The van der Waals surface area contributed by atoms with E-state index in [-0.39, 0.29) is 31.4 Å². The van der Waals surface area contributed by atoms with Crippen molar-refractivity contribution in [1.82, 2.24) is 24.9 Å². The number of aliphatic hydroxyl groups excluding tert-OH is 1. The predicted molar refractivity (Wildman–Crippen MR) is 106 cm³/mol. The van der Waals surface area contributed by atoms with Crippen molar-refractivity contribution >= 4 is 30.7 Å². The lowest BCUT2D eigenvalue weighted by molar-refractivity contribution is -0.132. The van der Waals surface area contributed by atoms with E-state index in [4.69, 9.17) is 5.11 Å². The Kier molecular flexibility index (Phi) is 10.5. The first-order valence-electron chi connectivity index (χ1n) is 9.11. The number of amides is 1. The molecule has 2 saturated heterocycles. The maximum absolute atomic E-state index is 12.2. The van der Waals surface area contributed by atoms with Crippen molar-refractivity contribution in [3.63, 3.8) is 0 Å². The fraction of sp³-hybridized carbons (Fsp3) is 0.765. The van der Waals surface area contributed by atoms with E-state index in [0.717, 1.165) is 58.7 Å². The Labute approximate surface area is 167 Å². The topological polar surface area (TPSA) is 73.6 Å². The molecule has 0 bridgehead atoms. The summed E-state index contributed by atoms with van der Waals surface area (Å²) in [7, 11) is 0. The Bertz CT molecular complexity index is 529. The standard InChI is InChI=1S/C17H29N5O2.2ClH/c23-14-13-22-16(1-5-19-22)15-2-8-20(9-3-15)10-4-17(24)21-11-6-18-7-12-21;;/h1,5,15,18,23H,2-4,6-14H2;2*1H. The molecule has 3 rings (SSSR count). The number of rotatable bonds is 6. The lowest BCUT2D eigenvalue weighted by atomic mass is 9.93. The summed E-state index contributed by atoms with van der Waals surface area (Å²) in [5.74, 6) is 0.804. The van der Waals surface area contributed by atoms with E-state index >= 15 is 0 Å². The molecule has 0 aromatic carbocycles. The number of piperazine rings is 1. The van der Waals surface area contributed by atoms with Crippen LogP contribution in [0.3, 0.4) is 0 Å². The maximum atomic E-state index is 12.2. The van der Waals surface area contributed by atoms with Gasteiger partial charge in [-0.05, 0) is 32.0 Å². The van der Waals surface area contributed by atoms with Gasteiger partial charge < -0.3 is 20.2 Å². The van der Waals surface area contributed by atoms with Crippen LogP contribution in [0.1, 0.15) is 30.9 Å². The van der Waals surface area contributed by atoms with Crippen molar-refractivity contribution in [1.29, 1.82) is 0 Å². The van der Waals surface area contributed by atoms with Crippen LogP contribution in [-0.4, -0.2) is 83.0 Å². The molecule has 0 radical (unpaired) electrons. The zero-order chi connectivity index (χ0) is 16.8. The lowest BCUT2D eigenvalue weighted by Gasteiger charge is -2.33. The molecule has 0 unspecified atom stereocenters. The number of carbonyl (C=O) groups excluding carboxylic acids is 1. The van der Waals surface area contributed by atoms with Gasteiger partial charge in [0.1, 0.15) is 0 Å². The van der Waals surface area contributed by atoms with Gasteiger partial charge in [0.15, 0.2) is 0 Å². The molecule has 0 spiro atoms. The molecule has 1 amide bonds. The first-order valence-corrected chi connectivity index (χ1v) is 9.11. The molecule has 1 aromatic heterocycles. The number of halogens is 2. The van der Waals surface area contributed by atoms with E-state index < -0.39 is 0 Å². The Hall–Kier alpha value is -0.860. The van der Waals surface area contributed by atoms with Crippen molar-refractivity contribution < 1.29 is 9.90 Å². The Morgan fingerprint density at radius 2 is 1.85 bits per heavy atom. The summed E-state index contributed by atoms with van der Waals surface area (Å²) in [6, 6.07) is 2.07. The van der Waals surface area contributed by atoms with E-state index in [1.54, 1.807) is 0 Å². The summed E-state index contributed by atoms with van der Waals surface area (Å²) < 4.78 is 1.92. The summed E-state index contributed by atoms with van der Waals surface area (Å²) in [6.07, 6.45) is 4.65. The second-order valence-electron chi connectivity index (χ2n) is 6.70. The first-order chi connectivity index (χ1) is 11.8. The fourth-order valence-corrected chi connectivity index (χ4v) is 3.75. The predicted octanol–water partition coefficient (Wildman–Crippen LogP) is 0.720. The molecule has 2 N–H and O–H groups in total. The molecular formula is C17H31Cl2N5O2. The SMILES string of the molecule is Cl.Cl.O=C(CCN1CCC(c2ccnn2CCO)CC1)N1CCNCC1. The minimum atomic E-state index is 0. The van der Waals surface area contributed by atoms with E-state index in [1.165, 1.54) is 5.69 Å². The number of carbonyl (C=O) groups is 1. The van der Waals surface area contributed by atoms with Crippen LogP contribution in [0.5, 0.6) is 0 Å². The third-order valence-corrected chi connectivity index (χ3v) is 5.18. The molecule has 2 aliphatic rings. The zero-order valence-electron chi connectivity index (χ0n) is 15.2. The van der Waals surface area contributed by atoms with Crippen molar-refractivity contribution in [3.8, 4) is 0 Å². The van der Waals surface area contributed by atoms with Crippen LogP contribution in [0.2, 0.25) is 0 Å². The number of aliphatic hydroxyl groups is 1. The highest BCUT2D eigenvalue weighted by molar-refractivity contribution is 5.85. The Balaban J connectivity index is 0.00000169. The second-order valence-corrected chi connectivity index (χ2v) is 6.70. The minimum Gasteiger partial charge on any atom is -0.394 e. The summed E-state index contributed by atoms with van der Waals surface area (Å²) in [4.78, 5) is 16.6. The number of hydrogen-bond acceptors (Lipinski definition) is 5. The van der Waals surface area contributed by atoms with Gasteiger partial charge in [0.25, 0.3) is 0 Å². The number of nitrogens with zero attached hydrogens (tertiary/aromatic N) is 4. The molecule has 7 nitrogen and oxygen atoms in total. The Morgan fingerprint density at radius 3 is 2.50 bits per heavy atom. The third kappa shape index (κ3) is 6.09. The van der Waals surface area contributed by atoms with Gasteiger partial charge in [-0.3, -0.25) is 9.48 Å². The van der Waals surface area contributed by atoms with Gasteiger partial charge in [-0.25, -0.2) is 0 Å².